The summed E-state index contributed by atoms with van der Waals surface area (Å²) in [7, 11) is 3.36. The number of hydrogen-bond acceptors (Lipinski definition) is 6. The summed E-state index contributed by atoms with van der Waals surface area (Å²) < 4.78 is 34.8. The molecule has 0 saturated heterocycles. The van der Waals surface area contributed by atoms with Gasteiger partial charge in [-0.05, 0) is 75.5 Å². The average Bonchev–Trinajstić information content (AvgIpc) is 3.35. The van der Waals surface area contributed by atoms with Crippen molar-refractivity contribution in [3.63, 3.8) is 0 Å². The summed E-state index contributed by atoms with van der Waals surface area (Å²) in [6.07, 6.45) is 1.65. The predicted molar refractivity (Wildman–Crippen MR) is 187 cm³/mol. The van der Waals surface area contributed by atoms with Gasteiger partial charge < -0.3 is 28.4 Å². The highest BCUT2D eigenvalue weighted by Crippen LogP contribution is 2.54. The van der Waals surface area contributed by atoms with E-state index in [1.165, 1.54) is 44.5 Å². The number of rotatable bonds is 20. The molecule has 7 heteroatoms. The molecular formula is C39H45BrO6. The molecule has 0 unspecified atom stereocenters. The number of ether oxygens (including phenoxy) is 6. The largest absolute Gasteiger partial charge is 0.382 e. The van der Waals surface area contributed by atoms with Crippen molar-refractivity contribution >= 4 is 15.9 Å². The van der Waals surface area contributed by atoms with Crippen molar-refractivity contribution in [2.45, 2.75) is 18.3 Å². The zero-order valence-corrected chi connectivity index (χ0v) is 28.6. The van der Waals surface area contributed by atoms with Crippen molar-refractivity contribution in [1.29, 1.82) is 0 Å². The smallest absolute Gasteiger partial charge is 0.0701 e. The normalized spacial score (nSPS) is 13.1. The molecule has 0 amide bonds. The number of hydrogen-bond donors (Lipinski definition) is 0. The minimum absolute atomic E-state index is 0.276. The van der Waals surface area contributed by atoms with Crippen LogP contribution in [0.3, 0.4) is 0 Å². The highest BCUT2D eigenvalue weighted by Gasteiger charge is 2.43. The van der Waals surface area contributed by atoms with Crippen LogP contribution in [0.1, 0.15) is 24.0 Å². The molecule has 0 aliphatic heterocycles. The van der Waals surface area contributed by atoms with Gasteiger partial charge in [0, 0.05) is 37.3 Å². The molecule has 1 aliphatic carbocycles. The van der Waals surface area contributed by atoms with E-state index in [1.807, 2.05) is 0 Å². The first kappa shape index (κ1) is 34.5. The molecular weight excluding hydrogens is 644 g/mol. The predicted octanol–water partition coefficient (Wildman–Crippen LogP) is 8.19. The first-order chi connectivity index (χ1) is 22.7. The highest BCUT2D eigenvalue weighted by atomic mass is 79.9. The Balaban J connectivity index is 1.40. The Morgan fingerprint density at radius 1 is 0.457 bits per heavy atom. The van der Waals surface area contributed by atoms with Crippen molar-refractivity contribution in [3.8, 4) is 33.4 Å². The van der Waals surface area contributed by atoms with Crippen LogP contribution in [0.5, 0.6) is 0 Å². The van der Waals surface area contributed by atoms with Crippen LogP contribution in [0, 0.1) is 0 Å². The van der Waals surface area contributed by atoms with Crippen molar-refractivity contribution in [1.82, 2.24) is 0 Å². The van der Waals surface area contributed by atoms with E-state index in [0.717, 1.165) is 17.3 Å². The molecule has 1 aliphatic rings. The van der Waals surface area contributed by atoms with E-state index in [9.17, 15) is 0 Å². The van der Waals surface area contributed by atoms with Gasteiger partial charge in [0.2, 0.25) is 0 Å². The second-order valence-corrected chi connectivity index (χ2v) is 12.3. The van der Waals surface area contributed by atoms with Crippen molar-refractivity contribution in [3.05, 3.63) is 107 Å². The molecule has 0 fully saturated rings. The quantitative estimate of drug-likeness (QED) is 0.0873. The van der Waals surface area contributed by atoms with Gasteiger partial charge in [0.15, 0.2) is 0 Å². The summed E-state index contributed by atoms with van der Waals surface area (Å²) in [4.78, 5) is 0. The molecule has 0 bridgehead atoms. The van der Waals surface area contributed by atoms with E-state index < -0.39 is 0 Å². The van der Waals surface area contributed by atoms with Gasteiger partial charge in [-0.1, -0.05) is 88.7 Å². The maximum Gasteiger partial charge on any atom is 0.0701 e. The van der Waals surface area contributed by atoms with Crippen LogP contribution in [0.25, 0.3) is 33.4 Å². The fourth-order valence-corrected chi connectivity index (χ4v) is 6.58. The Hall–Kier alpha value is -2.88. The number of halogens is 1. The first-order valence-electron chi connectivity index (χ1n) is 16.1. The van der Waals surface area contributed by atoms with Crippen molar-refractivity contribution < 1.29 is 28.4 Å². The molecule has 0 saturated carbocycles. The molecule has 5 rings (SSSR count). The van der Waals surface area contributed by atoms with E-state index in [0.29, 0.717) is 66.1 Å². The van der Waals surface area contributed by atoms with Gasteiger partial charge in [-0.2, -0.15) is 0 Å². The maximum atomic E-state index is 6.16. The van der Waals surface area contributed by atoms with Gasteiger partial charge in [0.1, 0.15) is 0 Å². The second kappa shape index (κ2) is 17.9. The van der Waals surface area contributed by atoms with Gasteiger partial charge in [0.05, 0.1) is 52.9 Å². The van der Waals surface area contributed by atoms with Crippen LogP contribution in [0.15, 0.2) is 95.5 Å². The summed E-state index contributed by atoms with van der Waals surface area (Å²) in [5, 5.41) is 0. The Morgan fingerprint density at radius 3 is 1.46 bits per heavy atom. The van der Waals surface area contributed by atoms with Crippen LogP contribution in [-0.2, 0) is 33.8 Å². The van der Waals surface area contributed by atoms with Crippen LogP contribution >= 0.6 is 15.9 Å². The molecule has 46 heavy (non-hydrogen) atoms. The van der Waals surface area contributed by atoms with Crippen LogP contribution in [-0.4, -0.2) is 80.3 Å². The average molecular weight is 690 g/mol. The molecule has 0 atom stereocenters. The maximum absolute atomic E-state index is 6.16. The van der Waals surface area contributed by atoms with Crippen LogP contribution in [0.2, 0.25) is 0 Å². The summed E-state index contributed by atoms with van der Waals surface area (Å²) in [6.45, 7) is 5.70. The molecule has 0 spiro atoms. The van der Waals surface area contributed by atoms with Gasteiger partial charge in [-0.25, -0.2) is 0 Å². The molecule has 4 aromatic rings. The van der Waals surface area contributed by atoms with E-state index in [-0.39, 0.29) is 5.41 Å². The monoisotopic (exact) mass is 688 g/mol. The summed E-state index contributed by atoms with van der Waals surface area (Å²) in [6, 6.07) is 33.0. The summed E-state index contributed by atoms with van der Waals surface area (Å²) in [5.74, 6) is 0. The van der Waals surface area contributed by atoms with Gasteiger partial charge in [-0.15, -0.1) is 0 Å². The molecule has 0 N–H and O–H groups in total. The number of fused-ring (bicyclic) bond motifs is 3. The Kier molecular flexibility index (Phi) is 13.4. The van der Waals surface area contributed by atoms with E-state index in [2.05, 4.69) is 107 Å². The fraction of sp³-hybridized carbons (Fsp3) is 0.385. The Bertz CT molecular complexity index is 1470. The van der Waals surface area contributed by atoms with Crippen molar-refractivity contribution in [2.75, 3.05) is 80.3 Å². The highest BCUT2D eigenvalue weighted by molar-refractivity contribution is 9.10. The molecule has 6 nitrogen and oxygen atoms in total. The third-order valence-corrected chi connectivity index (χ3v) is 9.10. The topological polar surface area (TPSA) is 55.4 Å². The lowest BCUT2D eigenvalue weighted by molar-refractivity contribution is 0.0145. The number of benzene rings is 4. The lowest BCUT2D eigenvalue weighted by atomic mass is 9.72. The SMILES string of the molecule is COCCOCCOCCC1(CCOCCOCCOC)c2cc(Br)ccc2-c2ccc(-c3ccc(-c4ccccc4)cc3)cc21. The third kappa shape index (κ3) is 8.72. The fourth-order valence-electron chi connectivity index (χ4n) is 6.22. The first-order valence-corrected chi connectivity index (χ1v) is 16.9. The molecule has 244 valence electrons. The zero-order chi connectivity index (χ0) is 32.0. The number of methoxy groups -OCH3 is 2. The molecule has 0 radical (unpaired) electrons. The van der Waals surface area contributed by atoms with E-state index in [1.54, 1.807) is 14.2 Å². The van der Waals surface area contributed by atoms with E-state index >= 15 is 0 Å². The zero-order valence-electron chi connectivity index (χ0n) is 27.0. The standard InChI is InChI=1S/C39H45BrO6/c1-41-20-22-45-26-24-43-18-16-39(17-19-44-25-27-46-23-21-42-2)37-28-33(12-14-35(37)36-15-13-34(40)29-38(36)39)32-10-8-31(9-11-32)30-6-4-3-5-7-30/h3-15,28-29H,16-27H2,1-2H3. The van der Waals surface area contributed by atoms with E-state index in [4.69, 9.17) is 28.4 Å². The second-order valence-electron chi connectivity index (χ2n) is 11.4. The lowest BCUT2D eigenvalue weighted by Crippen LogP contribution is -2.30. The minimum Gasteiger partial charge on any atom is -0.382 e. The van der Waals surface area contributed by atoms with Crippen LogP contribution < -0.4 is 0 Å². The van der Waals surface area contributed by atoms with Gasteiger partial charge in [-0.3, -0.25) is 0 Å². The Labute approximate surface area is 282 Å². The Morgan fingerprint density at radius 2 is 0.891 bits per heavy atom. The third-order valence-electron chi connectivity index (χ3n) is 8.60. The molecule has 0 aromatic heterocycles. The van der Waals surface area contributed by atoms with Crippen LogP contribution in [0.4, 0.5) is 0 Å². The summed E-state index contributed by atoms with van der Waals surface area (Å²) in [5.41, 5.74) is 9.74. The summed E-state index contributed by atoms with van der Waals surface area (Å²) >= 11 is 3.77. The van der Waals surface area contributed by atoms with Gasteiger partial charge >= 0.3 is 0 Å². The van der Waals surface area contributed by atoms with Gasteiger partial charge in [0.25, 0.3) is 0 Å². The molecule has 0 heterocycles. The van der Waals surface area contributed by atoms with Crippen molar-refractivity contribution in [2.24, 2.45) is 0 Å². The molecule has 4 aromatic carbocycles. The lowest BCUT2D eigenvalue weighted by Gasteiger charge is -2.33. The minimum atomic E-state index is -0.276.